The molecule has 23 heavy (non-hydrogen) atoms. The summed E-state index contributed by atoms with van der Waals surface area (Å²) in [6.45, 7) is 4.15. The van der Waals surface area contributed by atoms with Gasteiger partial charge in [-0.05, 0) is 50.3 Å². The van der Waals surface area contributed by atoms with E-state index in [2.05, 4.69) is 23.2 Å². The van der Waals surface area contributed by atoms with E-state index in [0.29, 0.717) is 6.04 Å². The normalized spacial score (nSPS) is 21.9. The highest BCUT2D eigenvalue weighted by atomic mass is 19.1. The molecule has 0 bridgehead atoms. The van der Waals surface area contributed by atoms with Crippen molar-refractivity contribution >= 4 is 5.69 Å². The Kier molecular flexibility index (Phi) is 5.93. The first-order valence-corrected chi connectivity index (χ1v) is 9.54. The first kappa shape index (κ1) is 16.8. The van der Waals surface area contributed by atoms with Crippen LogP contribution in [-0.2, 0) is 0 Å². The maximum absolute atomic E-state index is 14.6. The van der Waals surface area contributed by atoms with Gasteiger partial charge in [0.15, 0.2) is 0 Å². The smallest absolute Gasteiger partial charge is 0.146 e. The molecule has 2 nitrogen and oxygen atoms in total. The van der Waals surface area contributed by atoms with Gasteiger partial charge in [-0.3, -0.25) is 0 Å². The first-order chi connectivity index (χ1) is 11.2. The van der Waals surface area contributed by atoms with Crippen LogP contribution in [0.3, 0.4) is 0 Å². The highest BCUT2D eigenvalue weighted by molar-refractivity contribution is 5.49. The fourth-order valence-electron chi connectivity index (χ4n) is 4.08. The second kappa shape index (κ2) is 8.14. The van der Waals surface area contributed by atoms with Crippen LogP contribution in [0, 0.1) is 5.82 Å². The Morgan fingerprint density at radius 1 is 1.00 bits per heavy atom. The average molecular weight is 318 g/mol. The second-order valence-corrected chi connectivity index (χ2v) is 7.34. The predicted molar refractivity (Wildman–Crippen MR) is 95.5 cm³/mol. The lowest BCUT2D eigenvalue weighted by Gasteiger charge is -2.28. The number of benzene rings is 1. The summed E-state index contributed by atoms with van der Waals surface area (Å²) >= 11 is 0. The van der Waals surface area contributed by atoms with Crippen molar-refractivity contribution in [3.63, 3.8) is 0 Å². The lowest BCUT2D eigenvalue weighted by molar-refractivity contribution is 0.346. The molecule has 0 spiro atoms. The summed E-state index contributed by atoms with van der Waals surface area (Å²) in [6, 6.07) is 6.69. The van der Waals surface area contributed by atoms with E-state index in [4.69, 9.17) is 0 Å². The second-order valence-electron chi connectivity index (χ2n) is 7.34. The van der Waals surface area contributed by atoms with Gasteiger partial charge in [0, 0.05) is 25.2 Å². The van der Waals surface area contributed by atoms with E-state index < -0.39 is 0 Å². The van der Waals surface area contributed by atoms with Crippen molar-refractivity contribution < 1.29 is 4.39 Å². The van der Waals surface area contributed by atoms with Crippen LogP contribution in [0.5, 0.6) is 0 Å². The monoisotopic (exact) mass is 318 g/mol. The molecule has 1 aliphatic heterocycles. The van der Waals surface area contributed by atoms with Gasteiger partial charge in [0.2, 0.25) is 0 Å². The third-order valence-corrected chi connectivity index (χ3v) is 5.51. The number of hydrogen-bond donors (Lipinski definition) is 1. The highest BCUT2D eigenvalue weighted by Gasteiger charge is 2.19. The summed E-state index contributed by atoms with van der Waals surface area (Å²) < 4.78 is 14.6. The lowest BCUT2D eigenvalue weighted by Crippen LogP contribution is -2.33. The van der Waals surface area contributed by atoms with E-state index >= 15 is 0 Å². The van der Waals surface area contributed by atoms with Gasteiger partial charge in [0.05, 0.1) is 5.69 Å². The maximum atomic E-state index is 14.6. The van der Waals surface area contributed by atoms with Crippen LogP contribution >= 0.6 is 0 Å². The molecular formula is C20H31FN2. The third-order valence-electron chi connectivity index (χ3n) is 5.51. The van der Waals surface area contributed by atoms with E-state index in [9.17, 15) is 4.39 Å². The van der Waals surface area contributed by atoms with Crippen LogP contribution in [0.25, 0.3) is 0 Å². The molecule has 2 aliphatic rings. The molecular weight excluding hydrogens is 287 g/mol. The number of hydrogen-bond acceptors (Lipinski definition) is 2. The molecule has 1 N–H and O–H groups in total. The summed E-state index contributed by atoms with van der Waals surface area (Å²) in [6.07, 6.45) is 11.5. The zero-order valence-corrected chi connectivity index (χ0v) is 14.5. The molecule has 1 atom stereocenters. The average Bonchev–Trinajstić information content (AvgIpc) is 2.85. The van der Waals surface area contributed by atoms with Crippen molar-refractivity contribution in [1.82, 2.24) is 5.32 Å². The molecule has 1 saturated heterocycles. The Labute approximate surface area is 140 Å². The van der Waals surface area contributed by atoms with E-state index in [1.54, 1.807) is 6.07 Å². The molecule has 1 aromatic carbocycles. The molecule has 0 unspecified atom stereocenters. The Morgan fingerprint density at radius 3 is 2.30 bits per heavy atom. The number of rotatable bonds is 4. The Bertz CT molecular complexity index is 488. The number of nitrogens with one attached hydrogen (secondary N) is 1. The molecule has 0 aromatic heterocycles. The zero-order chi connectivity index (χ0) is 16.1. The third kappa shape index (κ3) is 4.47. The number of halogens is 1. The largest absolute Gasteiger partial charge is 0.369 e. The van der Waals surface area contributed by atoms with E-state index in [-0.39, 0.29) is 11.9 Å². The molecule has 1 aromatic rings. The topological polar surface area (TPSA) is 15.3 Å². The van der Waals surface area contributed by atoms with Gasteiger partial charge in [-0.2, -0.15) is 0 Å². The molecule has 0 radical (unpaired) electrons. The van der Waals surface area contributed by atoms with E-state index in [0.717, 1.165) is 24.3 Å². The number of anilines is 1. The fourth-order valence-corrected chi connectivity index (χ4v) is 4.08. The Balaban J connectivity index is 1.65. The summed E-state index contributed by atoms with van der Waals surface area (Å²) in [4.78, 5) is 2.23. The van der Waals surface area contributed by atoms with Gasteiger partial charge >= 0.3 is 0 Å². The van der Waals surface area contributed by atoms with Crippen molar-refractivity contribution in [1.29, 1.82) is 0 Å². The Morgan fingerprint density at radius 2 is 1.65 bits per heavy atom. The van der Waals surface area contributed by atoms with Gasteiger partial charge in [-0.15, -0.1) is 0 Å². The van der Waals surface area contributed by atoms with Crippen LogP contribution < -0.4 is 10.2 Å². The van der Waals surface area contributed by atoms with Gasteiger partial charge in [0.25, 0.3) is 0 Å². The van der Waals surface area contributed by atoms with Crippen molar-refractivity contribution in [2.24, 2.45) is 0 Å². The van der Waals surface area contributed by atoms with E-state index in [1.165, 1.54) is 57.8 Å². The lowest BCUT2D eigenvalue weighted by atomic mass is 9.94. The van der Waals surface area contributed by atoms with Gasteiger partial charge in [-0.1, -0.05) is 38.2 Å². The zero-order valence-electron chi connectivity index (χ0n) is 14.5. The fraction of sp³-hybridized carbons (Fsp3) is 0.700. The minimum Gasteiger partial charge on any atom is -0.369 e. The van der Waals surface area contributed by atoms with Crippen LogP contribution in [0.1, 0.15) is 76.3 Å². The van der Waals surface area contributed by atoms with Crippen molar-refractivity contribution in [2.45, 2.75) is 76.8 Å². The van der Waals surface area contributed by atoms with Crippen molar-refractivity contribution in [3.8, 4) is 0 Å². The minimum absolute atomic E-state index is 0.0540. The Hall–Kier alpha value is -1.09. The van der Waals surface area contributed by atoms with Crippen LogP contribution in [0.4, 0.5) is 10.1 Å². The molecule has 1 heterocycles. The summed E-state index contributed by atoms with van der Waals surface area (Å²) in [5.74, 6) is -0.0540. The van der Waals surface area contributed by atoms with Gasteiger partial charge < -0.3 is 10.2 Å². The van der Waals surface area contributed by atoms with Crippen LogP contribution in [0.2, 0.25) is 0 Å². The molecule has 3 rings (SSSR count). The number of nitrogens with zero attached hydrogens (tertiary/aromatic N) is 1. The molecule has 1 saturated carbocycles. The predicted octanol–water partition coefficient (Wildman–Crippen LogP) is 5.19. The molecule has 0 amide bonds. The molecule has 3 heteroatoms. The van der Waals surface area contributed by atoms with Gasteiger partial charge in [0.1, 0.15) is 5.82 Å². The molecule has 2 fully saturated rings. The summed E-state index contributed by atoms with van der Waals surface area (Å²) in [5, 5.41) is 3.69. The van der Waals surface area contributed by atoms with E-state index in [1.807, 2.05) is 6.07 Å². The quantitative estimate of drug-likeness (QED) is 0.822. The maximum Gasteiger partial charge on any atom is 0.146 e. The molecule has 128 valence electrons. The SMILES string of the molecule is C[C@H](NC1CCCCC1)c1ccc(N2CCCCCC2)c(F)c1. The summed E-state index contributed by atoms with van der Waals surface area (Å²) in [5.41, 5.74) is 1.87. The van der Waals surface area contributed by atoms with Crippen molar-refractivity contribution in [2.75, 3.05) is 18.0 Å². The van der Waals surface area contributed by atoms with Crippen molar-refractivity contribution in [3.05, 3.63) is 29.6 Å². The minimum atomic E-state index is -0.0540. The highest BCUT2D eigenvalue weighted by Crippen LogP contribution is 2.27. The van der Waals surface area contributed by atoms with Gasteiger partial charge in [-0.25, -0.2) is 4.39 Å². The van der Waals surface area contributed by atoms with Crippen LogP contribution in [-0.4, -0.2) is 19.1 Å². The standard InChI is InChI=1S/C20H31FN2/c1-16(22-18-9-5-4-6-10-18)17-11-12-20(19(21)15-17)23-13-7-2-3-8-14-23/h11-12,15-16,18,22H,2-10,13-14H2,1H3/t16-/m0/s1. The first-order valence-electron chi connectivity index (χ1n) is 9.54. The van der Waals surface area contributed by atoms with Crippen LogP contribution in [0.15, 0.2) is 18.2 Å². The molecule has 1 aliphatic carbocycles. The summed E-state index contributed by atoms with van der Waals surface area (Å²) in [7, 11) is 0.